The lowest BCUT2D eigenvalue weighted by Gasteiger charge is -2.36. The standard InChI is InChI=1S/C29H29NO7/c1-35-24(31)19-23(26(32)36-2)25(27(33)37-3)30-28(34)29(20-13-7-4-8-14-20,21-15-9-5-10-16-21)22-17-11-6-12-18-22/h4-18,23,25H,19H2,1-3H3,(H,30,34)/t23-,25-/m0/s1. The molecule has 37 heavy (non-hydrogen) atoms. The van der Waals surface area contributed by atoms with E-state index in [1.807, 2.05) is 91.0 Å². The van der Waals surface area contributed by atoms with Crippen molar-refractivity contribution in [3.8, 4) is 0 Å². The molecular weight excluding hydrogens is 474 g/mol. The molecule has 3 rings (SSSR count). The van der Waals surface area contributed by atoms with E-state index in [1.54, 1.807) is 0 Å². The first-order valence-electron chi connectivity index (χ1n) is 11.6. The minimum absolute atomic E-state index is 0.502. The quantitative estimate of drug-likeness (QED) is 0.257. The van der Waals surface area contributed by atoms with Crippen molar-refractivity contribution >= 4 is 23.8 Å². The van der Waals surface area contributed by atoms with Crippen LogP contribution in [0.25, 0.3) is 0 Å². The second-order valence-electron chi connectivity index (χ2n) is 8.23. The summed E-state index contributed by atoms with van der Waals surface area (Å²) in [7, 11) is 3.42. The minimum Gasteiger partial charge on any atom is -0.469 e. The second kappa shape index (κ2) is 12.5. The number of benzene rings is 3. The summed E-state index contributed by atoms with van der Waals surface area (Å²) in [4.78, 5) is 52.2. The van der Waals surface area contributed by atoms with E-state index in [4.69, 9.17) is 14.2 Å². The van der Waals surface area contributed by atoms with Gasteiger partial charge < -0.3 is 19.5 Å². The molecule has 0 spiro atoms. The number of ether oxygens (including phenoxy) is 3. The highest BCUT2D eigenvalue weighted by atomic mass is 16.5. The Bertz CT molecular complexity index is 1120. The summed E-state index contributed by atoms with van der Waals surface area (Å²) in [6.45, 7) is 0. The van der Waals surface area contributed by atoms with Crippen LogP contribution >= 0.6 is 0 Å². The molecule has 3 aromatic carbocycles. The summed E-state index contributed by atoms with van der Waals surface area (Å²) in [5, 5.41) is 2.73. The maximum Gasteiger partial charge on any atom is 0.329 e. The highest BCUT2D eigenvalue weighted by molar-refractivity contribution is 5.99. The van der Waals surface area contributed by atoms with Crippen LogP contribution in [0.5, 0.6) is 0 Å². The molecule has 0 aliphatic rings. The molecule has 0 saturated carbocycles. The normalized spacial score (nSPS) is 12.5. The van der Waals surface area contributed by atoms with Gasteiger partial charge in [-0.1, -0.05) is 91.0 Å². The summed E-state index contributed by atoms with van der Waals surface area (Å²) in [6, 6.07) is 25.8. The molecule has 0 aromatic heterocycles. The molecule has 2 atom stereocenters. The Morgan fingerprint density at radius 1 is 0.649 bits per heavy atom. The largest absolute Gasteiger partial charge is 0.469 e. The Morgan fingerprint density at radius 2 is 1.05 bits per heavy atom. The maximum absolute atomic E-state index is 14.5. The van der Waals surface area contributed by atoms with Crippen molar-refractivity contribution in [1.29, 1.82) is 0 Å². The average Bonchev–Trinajstić information content (AvgIpc) is 2.96. The van der Waals surface area contributed by atoms with Crippen molar-refractivity contribution in [2.75, 3.05) is 21.3 Å². The lowest BCUT2D eigenvalue weighted by atomic mass is 9.68. The summed E-state index contributed by atoms with van der Waals surface area (Å²) in [5.41, 5.74) is 0.491. The van der Waals surface area contributed by atoms with E-state index in [-0.39, 0.29) is 0 Å². The molecule has 0 aliphatic carbocycles. The number of carbonyl (C=O) groups excluding carboxylic acids is 4. The van der Waals surface area contributed by atoms with Gasteiger partial charge in [-0.2, -0.15) is 0 Å². The Kier molecular flexibility index (Phi) is 9.16. The zero-order valence-electron chi connectivity index (χ0n) is 20.9. The van der Waals surface area contributed by atoms with Crippen LogP contribution < -0.4 is 5.32 Å². The van der Waals surface area contributed by atoms with Gasteiger partial charge in [-0.3, -0.25) is 14.4 Å². The third-order valence-electron chi connectivity index (χ3n) is 6.22. The molecule has 0 fully saturated rings. The molecule has 0 radical (unpaired) electrons. The number of methoxy groups -OCH3 is 3. The third-order valence-corrected chi connectivity index (χ3v) is 6.22. The van der Waals surface area contributed by atoms with Crippen LogP contribution in [-0.2, 0) is 38.8 Å². The summed E-state index contributed by atoms with van der Waals surface area (Å²) in [6.07, 6.45) is -0.502. The van der Waals surface area contributed by atoms with Gasteiger partial charge in [-0.15, -0.1) is 0 Å². The van der Waals surface area contributed by atoms with E-state index in [0.717, 1.165) is 21.3 Å². The fraction of sp³-hybridized carbons (Fsp3) is 0.241. The SMILES string of the molecule is COC(=O)C[C@H](C(=O)OC)[C@H](NC(=O)C(c1ccccc1)(c1ccccc1)c1ccccc1)C(=O)OC. The number of hydrogen-bond donors (Lipinski definition) is 1. The van der Waals surface area contributed by atoms with Gasteiger partial charge in [-0.25, -0.2) is 4.79 Å². The molecule has 0 unspecified atom stereocenters. The molecule has 0 saturated heterocycles. The molecule has 3 aromatic rings. The smallest absolute Gasteiger partial charge is 0.329 e. The van der Waals surface area contributed by atoms with E-state index in [2.05, 4.69) is 5.32 Å². The van der Waals surface area contributed by atoms with E-state index in [0.29, 0.717) is 16.7 Å². The lowest BCUT2D eigenvalue weighted by Crippen LogP contribution is -2.56. The van der Waals surface area contributed by atoms with Crippen molar-refractivity contribution in [3.05, 3.63) is 108 Å². The van der Waals surface area contributed by atoms with E-state index in [9.17, 15) is 19.2 Å². The second-order valence-corrected chi connectivity index (χ2v) is 8.23. The van der Waals surface area contributed by atoms with Crippen LogP contribution in [0.3, 0.4) is 0 Å². The van der Waals surface area contributed by atoms with Gasteiger partial charge in [0.1, 0.15) is 11.5 Å². The fourth-order valence-corrected chi connectivity index (χ4v) is 4.41. The lowest BCUT2D eigenvalue weighted by molar-refractivity contribution is -0.159. The Labute approximate surface area is 215 Å². The van der Waals surface area contributed by atoms with Gasteiger partial charge in [0.15, 0.2) is 0 Å². The van der Waals surface area contributed by atoms with E-state index >= 15 is 0 Å². The minimum atomic E-state index is -1.53. The molecular formula is C29H29NO7. The molecule has 8 heteroatoms. The molecule has 1 amide bonds. The van der Waals surface area contributed by atoms with Gasteiger partial charge in [0, 0.05) is 0 Å². The Morgan fingerprint density at radius 3 is 1.41 bits per heavy atom. The highest BCUT2D eigenvalue weighted by Crippen LogP contribution is 2.40. The summed E-state index contributed by atoms with van der Waals surface area (Å²) >= 11 is 0. The first kappa shape index (κ1) is 27.1. The van der Waals surface area contributed by atoms with Crippen molar-refractivity contribution in [3.63, 3.8) is 0 Å². The van der Waals surface area contributed by atoms with Crippen molar-refractivity contribution in [2.45, 2.75) is 17.9 Å². The number of esters is 3. The predicted octanol–water partition coefficient (Wildman–Crippen LogP) is 3.03. The van der Waals surface area contributed by atoms with Gasteiger partial charge in [0.25, 0.3) is 0 Å². The van der Waals surface area contributed by atoms with Crippen molar-refractivity contribution in [1.82, 2.24) is 5.32 Å². The number of amides is 1. The van der Waals surface area contributed by atoms with Crippen LogP contribution in [0.15, 0.2) is 91.0 Å². The summed E-state index contributed by atoms with van der Waals surface area (Å²) < 4.78 is 14.5. The number of carbonyl (C=O) groups is 4. The monoisotopic (exact) mass is 503 g/mol. The molecule has 8 nitrogen and oxygen atoms in total. The molecule has 0 heterocycles. The zero-order valence-corrected chi connectivity index (χ0v) is 20.9. The van der Waals surface area contributed by atoms with Crippen LogP contribution in [0, 0.1) is 5.92 Å². The summed E-state index contributed by atoms with van der Waals surface area (Å²) in [5.74, 6) is -4.50. The topological polar surface area (TPSA) is 108 Å². The first-order chi connectivity index (χ1) is 17.9. The third kappa shape index (κ3) is 5.69. The maximum atomic E-state index is 14.5. The Balaban J connectivity index is 2.24. The predicted molar refractivity (Wildman–Crippen MR) is 135 cm³/mol. The van der Waals surface area contributed by atoms with Crippen LogP contribution in [0.4, 0.5) is 0 Å². The van der Waals surface area contributed by atoms with Gasteiger partial charge in [-0.05, 0) is 16.7 Å². The van der Waals surface area contributed by atoms with Crippen molar-refractivity contribution < 1.29 is 33.4 Å². The van der Waals surface area contributed by atoms with E-state index in [1.165, 1.54) is 0 Å². The van der Waals surface area contributed by atoms with Gasteiger partial charge >= 0.3 is 17.9 Å². The molecule has 0 aliphatic heterocycles. The fourth-order valence-electron chi connectivity index (χ4n) is 4.41. The van der Waals surface area contributed by atoms with Crippen LogP contribution in [0.2, 0.25) is 0 Å². The number of hydrogen-bond acceptors (Lipinski definition) is 7. The van der Waals surface area contributed by atoms with E-state index < -0.39 is 47.6 Å². The average molecular weight is 504 g/mol. The van der Waals surface area contributed by atoms with Gasteiger partial charge in [0.2, 0.25) is 5.91 Å². The van der Waals surface area contributed by atoms with Crippen molar-refractivity contribution in [2.24, 2.45) is 5.92 Å². The molecule has 192 valence electrons. The number of nitrogens with one attached hydrogen (secondary N) is 1. The number of rotatable bonds is 10. The van der Waals surface area contributed by atoms with Crippen LogP contribution in [-0.4, -0.2) is 51.2 Å². The zero-order chi connectivity index (χ0) is 26.8. The van der Waals surface area contributed by atoms with Gasteiger partial charge in [0.05, 0.1) is 33.7 Å². The Hall–Kier alpha value is -4.46. The highest BCUT2D eigenvalue weighted by Gasteiger charge is 2.47. The van der Waals surface area contributed by atoms with Crippen LogP contribution in [0.1, 0.15) is 23.1 Å². The first-order valence-corrected chi connectivity index (χ1v) is 11.6. The molecule has 1 N–H and O–H groups in total. The molecule has 0 bridgehead atoms.